The average Bonchev–Trinajstić information content (AvgIpc) is 2.83. The van der Waals surface area contributed by atoms with E-state index in [-0.39, 0.29) is 0 Å². The molecule has 19 heavy (non-hydrogen) atoms. The Hall–Kier alpha value is -0.410. The first-order valence-electron chi connectivity index (χ1n) is 7.71. The van der Waals surface area contributed by atoms with Gasteiger partial charge in [-0.25, -0.2) is 0 Å². The van der Waals surface area contributed by atoms with Gasteiger partial charge in [0.2, 0.25) is 0 Å². The van der Waals surface area contributed by atoms with Gasteiger partial charge in [0.15, 0.2) is 0 Å². The van der Waals surface area contributed by atoms with Crippen molar-refractivity contribution >= 4 is 11.8 Å². The van der Waals surface area contributed by atoms with Crippen molar-refractivity contribution in [3.8, 4) is 0 Å². The molecule has 3 rings (SSSR count). The van der Waals surface area contributed by atoms with Crippen molar-refractivity contribution in [1.82, 2.24) is 5.32 Å². The summed E-state index contributed by atoms with van der Waals surface area (Å²) in [6, 6.07) is 5.01. The van der Waals surface area contributed by atoms with Gasteiger partial charge < -0.3 is 9.73 Å². The minimum Gasteiger partial charge on any atom is -0.464 e. The Morgan fingerprint density at radius 3 is 2.95 bits per heavy atom. The van der Waals surface area contributed by atoms with Crippen LogP contribution in [0.5, 0.6) is 0 Å². The van der Waals surface area contributed by atoms with Crippen LogP contribution in [0.1, 0.15) is 57.0 Å². The maximum atomic E-state index is 5.96. The van der Waals surface area contributed by atoms with E-state index in [1.807, 2.05) is 0 Å². The number of rotatable bonds is 6. The summed E-state index contributed by atoms with van der Waals surface area (Å²) in [5, 5.41) is 4.51. The summed E-state index contributed by atoms with van der Waals surface area (Å²) in [6.07, 6.45) is 5.38. The van der Waals surface area contributed by atoms with Gasteiger partial charge in [-0.1, -0.05) is 20.3 Å². The zero-order chi connectivity index (χ0) is 13.2. The molecule has 2 fully saturated rings. The Bertz CT molecular complexity index is 417. The van der Waals surface area contributed by atoms with Crippen LogP contribution in [0.2, 0.25) is 0 Å². The van der Waals surface area contributed by atoms with Gasteiger partial charge in [0.1, 0.15) is 11.5 Å². The fraction of sp³-hybridized carbons (Fsp3) is 0.750. The molecule has 0 radical (unpaired) electrons. The molecule has 106 valence electrons. The average molecular weight is 279 g/mol. The Morgan fingerprint density at radius 1 is 1.37 bits per heavy atom. The lowest BCUT2D eigenvalue weighted by molar-refractivity contribution is 0.423. The predicted molar refractivity (Wildman–Crippen MR) is 81.6 cm³/mol. The zero-order valence-electron chi connectivity index (χ0n) is 12.0. The minimum absolute atomic E-state index is 0.679. The smallest absolute Gasteiger partial charge is 0.117 e. The summed E-state index contributed by atoms with van der Waals surface area (Å²) >= 11 is 2.11. The third-order valence-corrected chi connectivity index (χ3v) is 5.85. The lowest BCUT2D eigenvalue weighted by atomic mass is 10.2. The van der Waals surface area contributed by atoms with Crippen molar-refractivity contribution in [2.24, 2.45) is 5.92 Å². The Kier molecular flexibility index (Phi) is 4.23. The van der Waals surface area contributed by atoms with Gasteiger partial charge >= 0.3 is 0 Å². The molecule has 1 N–H and O–H groups in total. The van der Waals surface area contributed by atoms with E-state index in [1.165, 1.54) is 37.2 Å². The van der Waals surface area contributed by atoms with E-state index in [9.17, 15) is 0 Å². The van der Waals surface area contributed by atoms with Crippen LogP contribution in [-0.2, 0) is 6.54 Å². The van der Waals surface area contributed by atoms with Crippen LogP contribution in [0.15, 0.2) is 16.5 Å². The molecule has 3 heteroatoms. The predicted octanol–water partition coefficient (Wildman–Crippen LogP) is 4.17. The lowest BCUT2D eigenvalue weighted by Gasteiger charge is -2.19. The number of furan rings is 1. The number of hydrogen-bond acceptors (Lipinski definition) is 3. The van der Waals surface area contributed by atoms with Gasteiger partial charge in [-0.15, -0.1) is 0 Å². The Morgan fingerprint density at radius 2 is 2.21 bits per heavy atom. The topological polar surface area (TPSA) is 25.2 Å². The van der Waals surface area contributed by atoms with Gasteiger partial charge in [-0.2, -0.15) is 11.8 Å². The maximum Gasteiger partial charge on any atom is 0.117 e. The van der Waals surface area contributed by atoms with E-state index in [4.69, 9.17) is 4.42 Å². The summed E-state index contributed by atoms with van der Waals surface area (Å²) in [6.45, 7) is 5.46. The normalized spacial score (nSPS) is 33.8. The first-order valence-corrected chi connectivity index (χ1v) is 8.76. The second kappa shape index (κ2) is 5.92. The second-order valence-corrected chi connectivity index (χ2v) is 7.55. The molecule has 0 aromatic carbocycles. The van der Waals surface area contributed by atoms with E-state index >= 15 is 0 Å². The summed E-state index contributed by atoms with van der Waals surface area (Å²) in [5.74, 6) is 5.07. The van der Waals surface area contributed by atoms with Gasteiger partial charge in [-0.05, 0) is 43.1 Å². The highest BCUT2D eigenvalue weighted by Crippen LogP contribution is 2.47. The monoisotopic (exact) mass is 279 g/mol. The molecule has 1 aromatic heterocycles. The van der Waals surface area contributed by atoms with Gasteiger partial charge in [0.05, 0.1) is 6.54 Å². The quantitative estimate of drug-likeness (QED) is 0.846. The van der Waals surface area contributed by atoms with Gasteiger partial charge in [0, 0.05) is 17.2 Å². The molecule has 4 atom stereocenters. The lowest BCUT2D eigenvalue weighted by Crippen LogP contribution is -2.33. The molecule has 2 saturated carbocycles. The third kappa shape index (κ3) is 3.19. The molecular formula is C16H25NOS. The van der Waals surface area contributed by atoms with E-state index < -0.39 is 0 Å². The molecule has 2 nitrogen and oxygen atoms in total. The largest absolute Gasteiger partial charge is 0.464 e. The van der Waals surface area contributed by atoms with Crippen molar-refractivity contribution < 1.29 is 4.42 Å². The van der Waals surface area contributed by atoms with Crippen LogP contribution in [0.4, 0.5) is 0 Å². The molecule has 4 unspecified atom stereocenters. The van der Waals surface area contributed by atoms with Crippen LogP contribution in [0.25, 0.3) is 0 Å². The van der Waals surface area contributed by atoms with Gasteiger partial charge in [-0.3, -0.25) is 0 Å². The van der Waals surface area contributed by atoms with E-state index in [0.29, 0.717) is 12.0 Å². The van der Waals surface area contributed by atoms with Crippen molar-refractivity contribution in [1.29, 1.82) is 0 Å². The minimum atomic E-state index is 0.679. The Labute approximate surface area is 120 Å². The van der Waals surface area contributed by atoms with E-state index in [2.05, 4.69) is 43.1 Å². The molecular weight excluding hydrogens is 254 g/mol. The van der Waals surface area contributed by atoms with Crippen molar-refractivity contribution in [3.05, 3.63) is 23.7 Å². The van der Waals surface area contributed by atoms with Crippen molar-refractivity contribution in [2.75, 3.05) is 5.75 Å². The molecule has 0 amide bonds. The molecule has 2 aliphatic rings. The van der Waals surface area contributed by atoms with E-state index in [0.717, 1.165) is 23.5 Å². The summed E-state index contributed by atoms with van der Waals surface area (Å²) < 4.78 is 5.96. The SMILES string of the molecule is CCSC1CCCC1NCc1ccc(C2CC2C)o1. The first kappa shape index (κ1) is 13.6. The number of nitrogens with one attached hydrogen (secondary N) is 1. The number of thioether (sulfide) groups is 1. The van der Waals surface area contributed by atoms with Crippen LogP contribution >= 0.6 is 11.8 Å². The highest BCUT2D eigenvalue weighted by molar-refractivity contribution is 7.99. The fourth-order valence-electron chi connectivity index (χ4n) is 3.21. The standard InChI is InChI=1S/C16H25NOS/c1-3-19-16-6-4-5-14(16)17-10-12-7-8-15(18-12)13-9-11(13)2/h7-8,11,13-14,16-17H,3-6,9-10H2,1-2H3. The number of hydrogen-bond donors (Lipinski definition) is 1. The summed E-state index contributed by atoms with van der Waals surface area (Å²) in [5.41, 5.74) is 0. The molecule has 0 bridgehead atoms. The highest BCUT2D eigenvalue weighted by atomic mass is 32.2. The maximum absolute atomic E-state index is 5.96. The van der Waals surface area contributed by atoms with E-state index in [1.54, 1.807) is 0 Å². The van der Waals surface area contributed by atoms with Crippen LogP contribution < -0.4 is 5.32 Å². The fourth-order valence-corrected chi connectivity index (χ4v) is 4.44. The molecule has 0 saturated heterocycles. The second-order valence-electron chi connectivity index (χ2n) is 6.04. The summed E-state index contributed by atoms with van der Waals surface area (Å²) in [7, 11) is 0. The van der Waals surface area contributed by atoms with Crippen LogP contribution in [0.3, 0.4) is 0 Å². The van der Waals surface area contributed by atoms with Crippen molar-refractivity contribution in [2.45, 2.75) is 63.3 Å². The zero-order valence-corrected chi connectivity index (χ0v) is 12.8. The summed E-state index contributed by atoms with van der Waals surface area (Å²) in [4.78, 5) is 0. The Balaban J connectivity index is 1.50. The van der Waals surface area contributed by atoms with Crippen LogP contribution in [-0.4, -0.2) is 17.0 Å². The first-order chi connectivity index (χ1) is 9.28. The van der Waals surface area contributed by atoms with Gasteiger partial charge in [0.25, 0.3) is 0 Å². The third-order valence-electron chi connectivity index (χ3n) is 4.53. The highest BCUT2D eigenvalue weighted by Gasteiger charge is 2.36. The molecule has 0 aliphatic heterocycles. The molecule has 1 heterocycles. The van der Waals surface area contributed by atoms with Crippen molar-refractivity contribution in [3.63, 3.8) is 0 Å². The molecule has 2 aliphatic carbocycles. The molecule has 0 spiro atoms. The van der Waals surface area contributed by atoms with Crippen LogP contribution in [0, 0.1) is 5.92 Å². The molecule has 1 aromatic rings.